The van der Waals surface area contributed by atoms with E-state index in [0.29, 0.717) is 18.9 Å². The van der Waals surface area contributed by atoms with Crippen LogP contribution >= 0.6 is 0 Å². The van der Waals surface area contributed by atoms with Crippen LogP contribution < -0.4 is 14.5 Å². The van der Waals surface area contributed by atoms with E-state index in [4.69, 9.17) is 9.57 Å². The predicted molar refractivity (Wildman–Crippen MR) is 135 cm³/mol. The first-order chi connectivity index (χ1) is 16.8. The summed E-state index contributed by atoms with van der Waals surface area (Å²) in [7, 11) is 0. The maximum absolute atomic E-state index is 5.88. The molecule has 0 saturated carbocycles. The summed E-state index contributed by atoms with van der Waals surface area (Å²) in [6, 6.07) is 16.0. The predicted octanol–water partition coefficient (Wildman–Crippen LogP) is 5.01. The van der Waals surface area contributed by atoms with Gasteiger partial charge in [-0.2, -0.15) is 9.97 Å². The summed E-state index contributed by atoms with van der Waals surface area (Å²) < 4.78 is 5.88. The van der Waals surface area contributed by atoms with Crippen molar-refractivity contribution in [3.63, 3.8) is 0 Å². The topological polar surface area (TPSA) is 88.5 Å². The Balaban J connectivity index is 1.51. The highest BCUT2D eigenvalue weighted by Gasteiger charge is 2.13. The molecule has 0 atom stereocenters. The lowest BCUT2D eigenvalue weighted by atomic mass is 10.2. The zero-order valence-corrected chi connectivity index (χ0v) is 19.6. The molecule has 0 unspecified atom stereocenters. The van der Waals surface area contributed by atoms with E-state index in [1.165, 1.54) is 0 Å². The van der Waals surface area contributed by atoms with E-state index in [0.717, 1.165) is 53.9 Å². The Kier molecular flexibility index (Phi) is 8.05. The Labute approximate surface area is 199 Å². The fourth-order valence-corrected chi connectivity index (χ4v) is 3.68. The molecular weight excluding hydrogens is 428 g/mol. The van der Waals surface area contributed by atoms with Crippen LogP contribution in [0.4, 0.5) is 5.82 Å². The van der Waals surface area contributed by atoms with E-state index >= 15 is 0 Å². The lowest BCUT2D eigenvalue weighted by Gasteiger charge is -2.23. The van der Waals surface area contributed by atoms with Gasteiger partial charge in [-0.1, -0.05) is 43.3 Å². The van der Waals surface area contributed by atoms with Crippen molar-refractivity contribution in [3.05, 3.63) is 72.2 Å². The highest BCUT2D eigenvalue weighted by atomic mass is 16.6. The molecule has 0 bridgehead atoms. The summed E-state index contributed by atoms with van der Waals surface area (Å²) in [5.41, 5.74) is 2.94. The van der Waals surface area contributed by atoms with Crippen LogP contribution in [0.2, 0.25) is 0 Å². The molecule has 8 nitrogen and oxygen atoms in total. The summed E-state index contributed by atoms with van der Waals surface area (Å²) in [4.78, 5) is 24.5. The van der Waals surface area contributed by atoms with Crippen molar-refractivity contribution in [2.45, 2.75) is 33.1 Å². The van der Waals surface area contributed by atoms with Gasteiger partial charge >= 0.3 is 6.01 Å². The number of oxime groups is 1. The Morgan fingerprint density at radius 1 is 1.03 bits per heavy atom. The highest BCUT2D eigenvalue weighted by molar-refractivity contribution is 5.98. The van der Waals surface area contributed by atoms with Crippen molar-refractivity contribution < 1.29 is 9.57 Å². The molecule has 0 radical (unpaired) electrons. The van der Waals surface area contributed by atoms with E-state index in [1.54, 1.807) is 12.4 Å². The van der Waals surface area contributed by atoms with E-state index in [1.807, 2.05) is 54.7 Å². The van der Waals surface area contributed by atoms with Crippen molar-refractivity contribution in [3.8, 4) is 11.9 Å². The zero-order chi connectivity index (χ0) is 23.6. The molecule has 3 heterocycles. The number of hydrogen-bond donors (Lipinski definition) is 1. The molecule has 1 aromatic carbocycles. The second-order valence-corrected chi connectivity index (χ2v) is 7.87. The third-order valence-electron chi connectivity index (χ3n) is 5.25. The summed E-state index contributed by atoms with van der Waals surface area (Å²) in [6.07, 6.45) is 8.04. The lowest BCUT2D eigenvalue weighted by Crippen LogP contribution is -2.26. The summed E-state index contributed by atoms with van der Waals surface area (Å²) in [5.74, 6) is 1.11. The summed E-state index contributed by atoms with van der Waals surface area (Å²) in [6.45, 7) is 6.49. The number of fused-ring (bicyclic) bond motifs is 1. The molecule has 0 fully saturated rings. The Morgan fingerprint density at radius 3 is 2.65 bits per heavy atom. The van der Waals surface area contributed by atoms with Crippen LogP contribution in [-0.2, 0) is 6.42 Å². The minimum Gasteiger partial charge on any atom is -0.463 e. The largest absolute Gasteiger partial charge is 0.463 e. The van der Waals surface area contributed by atoms with E-state index in [2.05, 4.69) is 43.8 Å². The van der Waals surface area contributed by atoms with Crippen molar-refractivity contribution in [1.82, 2.24) is 19.9 Å². The van der Waals surface area contributed by atoms with Gasteiger partial charge in [0.15, 0.2) is 0 Å². The monoisotopic (exact) mass is 458 g/mol. The molecule has 4 aromatic rings. The number of nitrogens with zero attached hydrogens (tertiary/aromatic N) is 5. The van der Waals surface area contributed by atoms with Crippen LogP contribution in [0.15, 0.2) is 66.1 Å². The van der Waals surface area contributed by atoms with E-state index in [-0.39, 0.29) is 6.01 Å². The van der Waals surface area contributed by atoms with Crippen LogP contribution in [-0.4, -0.2) is 45.8 Å². The van der Waals surface area contributed by atoms with Gasteiger partial charge in [0.05, 0.1) is 12.8 Å². The molecule has 0 spiro atoms. The van der Waals surface area contributed by atoms with Gasteiger partial charge in [0.2, 0.25) is 0 Å². The van der Waals surface area contributed by atoms with Gasteiger partial charge in [-0.25, -0.2) is 0 Å². The normalized spacial score (nSPS) is 11.2. The number of pyridine rings is 1. The number of aromatic nitrogens is 4. The molecule has 8 heteroatoms. The van der Waals surface area contributed by atoms with Gasteiger partial charge in [-0.3, -0.25) is 4.98 Å². The average molecular weight is 459 g/mol. The number of benzene rings is 1. The smallest absolute Gasteiger partial charge is 0.321 e. The quantitative estimate of drug-likeness (QED) is 0.237. The third kappa shape index (κ3) is 6.10. The van der Waals surface area contributed by atoms with Crippen molar-refractivity contribution in [1.29, 1.82) is 0 Å². The summed E-state index contributed by atoms with van der Waals surface area (Å²) >= 11 is 0. The molecule has 3 aromatic heterocycles. The van der Waals surface area contributed by atoms with Crippen LogP contribution in [0.5, 0.6) is 11.9 Å². The molecule has 1 N–H and O–H groups in total. The van der Waals surface area contributed by atoms with Crippen LogP contribution in [0.1, 0.15) is 37.9 Å². The van der Waals surface area contributed by atoms with Gasteiger partial charge < -0.3 is 19.5 Å². The second kappa shape index (κ2) is 11.8. The number of hydrogen-bond acceptors (Lipinski definition) is 7. The Hall–Kier alpha value is -3.94. The molecule has 0 aliphatic carbocycles. The molecular formula is C26H30N6O2. The van der Waals surface area contributed by atoms with Gasteiger partial charge in [0.1, 0.15) is 5.82 Å². The standard InChI is InChI=1S/C26H30N6O2/c1-3-14-32(15-4-2)24-17-25(31-26(30-24)33-16-12-21-9-7-8-13-27-21)34-29-19-20-18-28-23-11-6-5-10-22(20)23/h5-11,13,17-19,28H,3-4,12,14-16H2,1-2H3/b29-19+. The molecule has 0 saturated heterocycles. The first kappa shape index (κ1) is 23.2. The van der Waals surface area contributed by atoms with Gasteiger partial charge in [0, 0.05) is 60.1 Å². The average Bonchev–Trinajstić information content (AvgIpc) is 3.28. The van der Waals surface area contributed by atoms with Gasteiger partial charge in [0.25, 0.3) is 5.88 Å². The highest BCUT2D eigenvalue weighted by Crippen LogP contribution is 2.22. The first-order valence-corrected chi connectivity index (χ1v) is 11.7. The fourth-order valence-electron chi connectivity index (χ4n) is 3.68. The fraction of sp³-hybridized carbons (Fsp3) is 0.308. The van der Waals surface area contributed by atoms with Crippen molar-refractivity contribution >= 4 is 22.9 Å². The molecule has 0 aliphatic rings. The molecule has 0 amide bonds. The van der Waals surface area contributed by atoms with Gasteiger partial charge in [-0.05, 0) is 31.0 Å². The first-order valence-electron chi connectivity index (χ1n) is 11.7. The molecule has 0 aliphatic heterocycles. The van der Waals surface area contributed by atoms with E-state index in [9.17, 15) is 0 Å². The minimum atomic E-state index is 0.267. The third-order valence-corrected chi connectivity index (χ3v) is 5.25. The minimum absolute atomic E-state index is 0.267. The zero-order valence-electron chi connectivity index (χ0n) is 19.6. The van der Waals surface area contributed by atoms with Crippen LogP contribution in [0, 0.1) is 0 Å². The van der Waals surface area contributed by atoms with Crippen molar-refractivity contribution in [2.75, 3.05) is 24.6 Å². The number of anilines is 1. The van der Waals surface area contributed by atoms with Crippen LogP contribution in [0.25, 0.3) is 10.9 Å². The molecule has 4 rings (SSSR count). The Morgan fingerprint density at radius 2 is 1.85 bits per heavy atom. The number of para-hydroxylation sites is 1. The Bertz CT molecular complexity index is 1200. The number of nitrogens with one attached hydrogen (secondary N) is 1. The lowest BCUT2D eigenvalue weighted by molar-refractivity contribution is 0.278. The van der Waals surface area contributed by atoms with E-state index < -0.39 is 0 Å². The maximum Gasteiger partial charge on any atom is 0.321 e. The number of ether oxygens (including phenoxy) is 1. The maximum atomic E-state index is 5.88. The molecule has 34 heavy (non-hydrogen) atoms. The number of rotatable bonds is 12. The summed E-state index contributed by atoms with van der Waals surface area (Å²) in [5, 5.41) is 5.25. The van der Waals surface area contributed by atoms with Gasteiger partial charge in [-0.15, -0.1) is 0 Å². The van der Waals surface area contributed by atoms with Crippen molar-refractivity contribution in [2.24, 2.45) is 5.16 Å². The number of aromatic amines is 1. The molecule has 176 valence electrons. The van der Waals surface area contributed by atoms with Crippen LogP contribution in [0.3, 0.4) is 0 Å². The second-order valence-electron chi connectivity index (χ2n) is 7.87. The number of H-pyrrole nitrogens is 1. The SMILES string of the molecule is CCCN(CCC)c1cc(O/N=C/c2c[nH]c3ccccc23)nc(OCCc2ccccn2)n1.